The summed E-state index contributed by atoms with van der Waals surface area (Å²) in [7, 11) is 0. The zero-order valence-corrected chi connectivity index (χ0v) is 14.7. The van der Waals surface area contributed by atoms with E-state index in [1.807, 2.05) is 49.4 Å². The number of anilines is 1. The van der Waals surface area contributed by atoms with Crippen molar-refractivity contribution in [2.24, 2.45) is 0 Å². The molecule has 2 amide bonds. The first-order chi connectivity index (χ1) is 11.5. The Bertz CT molecular complexity index is 674. The Labute approximate surface area is 147 Å². The van der Waals surface area contributed by atoms with Crippen LogP contribution >= 0.6 is 11.6 Å². The topological polar surface area (TPSA) is 61.4 Å². The van der Waals surface area contributed by atoms with E-state index in [-0.39, 0.29) is 11.9 Å². The van der Waals surface area contributed by atoms with E-state index < -0.39 is 6.10 Å². The summed E-state index contributed by atoms with van der Waals surface area (Å²) in [6.45, 7) is 4.13. The Morgan fingerprint density at radius 2 is 1.92 bits per heavy atom. The van der Waals surface area contributed by atoms with E-state index in [4.69, 9.17) is 11.6 Å². The highest BCUT2D eigenvalue weighted by Gasteiger charge is 2.15. The van der Waals surface area contributed by atoms with E-state index in [1.165, 1.54) is 0 Å². The molecule has 2 atom stereocenters. The lowest BCUT2D eigenvalue weighted by Gasteiger charge is -2.20. The van der Waals surface area contributed by atoms with Gasteiger partial charge in [0.1, 0.15) is 0 Å². The van der Waals surface area contributed by atoms with Gasteiger partial charge in [0.05, 0.1) is 16.8 Å². The predicted octanol–water partition coefficient (Wildman–Crippen LogP) is 4.32. The van der Waals surface area contributed by atoms with Gasteiger partial charge in [0.2, 0.25) is 0 Å². The molecule has 5 heteroatoms. The van der Waals surface area contributed by atoms with Crippen LogP contribution in [0.25, 0.3) is 0 Å². The van der Waals surface area contributed by atoms with Gasteiger partial charge < -0.3 is 15.7 Å². The molecule has 0 spiro atoms. The van der Waals surface area contributed by atoms with Crippen molar-refractivity contribution in [1.29, 1.82) is 0 Å². The molecule has 0 saturated carbocycles. The van der Waals surface area contributed by atoms with Gasteiger partial charge in [0.25, 0.3) is 0 Å². The van der Waals surface area contributed by atoms with Crippen molar-refractivity contribution in [3.63, 3.8) is 0 Å². The van der Waals surface area contributed by atoms with Crippen molar-refractivity contribution in [3.8, 4) is 0 Å². The van der Waals surface area contributed by atoms with Crippen LogP contribution in [0.1, 0.15) is 30.4 Å². The average Bonchev–Trinajstić information content (AvgIpc) is 2.55. The molecule has 0 heterocycles. The number of aliphatic hydroxyl groups is 1. The molecule has 0 radical (unpaired) electrons. The van der Waals surface area contributed by atoms with Crippen molar-refractivity contribution in [3.05, 3.63) is 64.7 Å². The van der Waals surface area contributed by atoms with E-state index in [0.29, 0.717) is 23.7 Å². The van der Waals surface area contributed by atoms with E-state index in [9.17, 15) is 9.90 Å². The molecule has 0 bridgehead atoms. The molecule has 2 aromatic rings. The Hall–Kier alpha value is -2.04. The fourth-order valence-electron chi connectivity index (χ4n) is 2.59. The first-order valence-corrected chi connectivity index (χ1v) is 8.37. The number of rotatable bonds is 6. The Morgan fingerprint density at radius 3 is 2.58 bits per heavy atom. The summed E-state index contributed by atoms with van der Waals surface area (Å²) in [6.07, 6.45) is 0.140. The zero-order chi connectivity index (χ0) is 17.5. The van der Waals surface area contributed by atoms with Gasteiger partial charge >= 0.3 is 6.03 Å². The van der Waals surface area contributed by atoms with E-state index >= 15 is 0 Å². The molecular weight excluding hydrogens is 324 g/mol. The minimum absolute atomic E-state index is 0.0462. The van der Waals surface area contributed by atoms with Crippen LogP contribution in [0.2, 0.25) is 5.02 Å². The normalized spacial score (nSPS) is 13.2. The molecule has 0 aliphatic rings. The van der Waals surface area contributed by atoms with Gasteiger partial charge in [-0.3, -0.25) is 0 Å². The highest BCUT2D eigenvalue weighted by molar-refractivity contribution is 6.33. The molecule has 3 N–H and O–H groups in total. The highest BCUT2D eigenvalue weighted by Crippen LogP contribution is 2.23. The minimum atomic E-state index is -0.439. The van der Waals surface area contributed by atoms with Gasteiger partial charge in [0.15, 0.2) is 0 Å². The van der Waals surface area contributed by atoms with Crippen LogP contribution in [0.5, 0.6) is 0 Å². The third kappa shape index (κ3) is 5.55. The smallest absolute Gasteiger partial charge is 0.319 e. The minimum Gasteiger partial charge on any atom is -0.393 e. The van der Waals surface area contributed by atoms with Crippen LogP contribution in [0, 0.1) is 6.92 Å². The molecule has 0 aliphatic carbocycles. The lowest BCUT2D eigenvalue weighted by Crippen LogP contribution is -2.33. The highest BCUT2D eigenvalue weighted by atomic mass is 35.5. The average molecular weight is 347 g/mol. The standard InChI is InChI=1S/C19H23ClN2O2/c1-13-8-9-17(20)18(10-13)22-19(24)21-12-16(11-14(2)23)15-6-4-3-5-7-15/h3-10,14,16,23H,11-12H2,1-2H3,(H2,21,22,24). The first kappa shape index (κ1) is 18.3. The molecule has 128 valence electrons. The SMILES string of the molecule is Cc1ccc(Cl)c(NC(=O)NCC(CC(C)O)c2ccccc2)c1. The zero-order valence-electron chi connectivity index (χ0n) is 13.9. The lowest BCUT2D eigenvalue weighted by atomic mass is 9.93. The molecule has 0 fully saturated rings. The maximum absolute atomic E-state index is 12.2. The maximum Gasteiger partial charge on any atom is 0.319 e. The molecule has 2 unspecified atom stereocenters. The summed E-state index contributed by atoms with van der Waals surface area (Å²) in [5.74, 6) is 0.0462. The first-order valence-electron chi connectivity index (χ1n) is 7.99. The largest absolute Gasteiger partial charge is 0.393 e. The monoisotopic (exact) mass is 346 g/mol. The number of aliphatic hydroxyl groups excluding tert-OH is 1. The molecule has 4 nitrogen and oxygen atoms in total. The second-order valence-corrected chi connectivity index (χ2v) is 6.42. The predicted molar refractivity (Wildman–Crippen MR) is 98.7 cm³/mol. The molecule has 0 saturated heterocycles. The molecular formula is C19H23ClN2O2. The number of hydrogen-bond acceptors (Lipinski definition) is 2. The Kier molecular flexibility index (Phi) is 6.64. The number of aryl methyl sites for hydroxylation is 1. The summed E-state index contributed by atoms with van der Waals surface area (Å²) >= 11 is 6.09. The molecule has 0 aliphatic heterocycles. The number of benzene rings is 2. The summed E-state index contributed by atoms with van der Waals surface area (Å²) < 4.78 is 0. The van der Waals surface area contributed by atoms with Gasteiger partial charge in [-0.2, -0.15) is 0 Å². The summed E-state index contributed by atoms with van der Waals surface area (Å²) in [5, 5.41) is 15.8. The summed E-state index contributed by atoms with van der Waals surface area (Å²) in [4.78, 5) is 12.2. The van der Waals surface area contributed by atoms with Crippen LogP contribution in [0.3, 0.4) is 0 Å². The van der Waals surface area contributed by atoms with E-state index in [2.05, 4.69) is 10.6 Å². The second-order valence-electron chi connectivity index (χ2n) is 6.01. The van der Waals surface area contributed by atoms with Gasteiger partial charge in [-0.15, -0.1) is 0 Å². The molecule has 0 aromatic heterocycles. The quantitative estimate of drug-likeness (QED) is 0.729. The molecule has 24 heavy (non-hydrogen) atoms. The van der Waals surface area contributed by atoms with Crippen LogP contribution < -0.4 is 10.6 Å². The third-order valence-electron chi connectivity index (χ3n) is 3.78. The summed E-state index contributed by atoms with van der Waals surface area (Å²) in [6, 6.07) is 15.0. The lowest BCUT2D eigenvalue weighted by molar-refractivity contribution is 0.173. The van der Waals surface area contributed by atoms with Crippen molar-refractivity contribution >= 4 is 23.3 Å². The van der Waals surface area contributed by atoms with Gasteiger partial charge in [-0.05, 0) is 43.5 Å². The van der Waals surface area contributed by atoms with Crippen LogP contribution in [0.4, 0.5) is 10.5 Å². The fraction of sp³-hybridized carbons (Fsp3) is 0.316. The molecule has 2 aromatic carbocycles. The van der Waals surface area contributed by atoms with Crippen molar-refractivity contribution in [2.75, 3.05) is 11.9 Å². The van der Waals surface area contributed by atoms with Crippen LogP contribution in [-0.4, -0.2) is 23.8 Å². The van der Waals surface area contributed by atoms with Crippen molar-refractivity contribution < 1.29 is 9.90 Å². The second kappa shape index (κ2) is 8.71. The maximum atomic E-state index is 12.2. The fourth-order valence-corrected chi connectivity index (χ4v) is 2.76. The number of halogens is 1. The van der Waals surface area contributed by atoms with Gasteiger partial charge in [-0.1, -0.05) is 48.0 Å². The number of amides is 2. The van der Waals surface area contributed by atoms with Crippen LogP contribution in [-0.2, 0) is 0 Å². The number of carbonyl (C=O) groups is 1. The molecule has 2 rings (SSSR count). The van der Waals surface area contributed by atoms with Crippen LogP contribution in [0.15, 0.2) is 48.5 Å². The Morgan fingerprint density at radius 1 is 1.21 bits per heavy atom. The Balaban J connectivity index is 1.98. The van der Waals surface area contributed by atoms with E-state index in [0.717, 1.165) is 11.1 Å². The van der Waals surface area contributed by atoms with Crippen molar-refractivity contribution in [1.82, 2.24) is 5.32 Å². The number of urea groups is 1. The van der Waals surface area contributed by atoms with Crippen molar-refractivity contribution in [2.45, 2.75) is 32.3 Å². The number of nitrogens with one attached hydrogen (secondary N) is 2. The van der Waals surface area contributed by atoms with Gasteiger partial charge in [0, 0.05) is 12.5 Å². The summed E-state index contributed by atoms with van der Waals surface area (Å²) in [5.41, 5.74) is 2.69. The number of hydrogen-bond donors (Lipinski definition) is 3. The number of carbonyl (C=O) groups excluding carboxylic acids is 1. The third-order valence-corrected chi connectivity index (χ3v) is 4.11. The van der Waals surface area contributed by atoms with E-state index in [1.54, 1.807) is 13.0 Å². The van der Waals surface area contributed by atoms with Gasteiger partial charge in [-0.25, -0.2) is 4.79 Å².